The molecule has 0 radical (unpaired) electrons. The Balaban J connectivity index is 2.97. The summed E-state index contributed by atoms with van der Waals surface area (Å²) >= 11 is 0. The first-order chi connectivity index (χ1) is 6.93. The van der Waals surface area contributed by atoms with Gasteiger partial charge in [-0.1, -0.05) is 6.07 Å². The summed E-state index contributed by atoms with van der Waals surface area (Å²) in [5.41, 5.74) is 0.399. The van der Waals surface area contributed by atoms with Gasteiger partial charge in [0, 0.05) is 7.05 Å². The Kier molecular flexibility index (Phi) is 3.36. The molecule has 0 aliphatic heterocycles. The third kappa shape index (κ3) is 2.50. The molecule has 1 unspecified atom stereocenters. The van der Waals surface area contributed by atoms with Crippen molar-refractivity contribution in [3.63, 3.8) is 0 Å². The van der Waals surface area contributed by atoms with Gasteiger partial charge in [-0.2, -0.15) is 0 Å². The Morgan fingerprint density at radius 3 is 2.47 bits per heavy atom. The molecule has 1 amide bonds. The van der Waals surface area contributed by atoms with Crippen LogP contribution in [0.15, 0.2) is 18.2 Å². The number of benzene rings is 1. The van der Waals surface area contributed by atoms with Crippen molar-refractivity contribution in [2.75, 3.05) is 7.05 Å². The number of carbonyl (C=O) groups is 1. The van der Waals surface area contributed by atoms with Crippen LogP contribution in [-0.4, -0.2) is 18.0 Å². The quantitative estimate of drug-likeness (QED) is 0.459. The summed E-state index contributed by atoms with van der Waals surface area (Å²) in [6.07, 6.45) is 0. The first kappa shape index (κ1) is 11.6. The predicted molar refractivity (Wildman–Crippen MR) is 51.7 cm³/mol. The molecular weight excluding hydrogens is 202 g/mol. The molecule has 15 heavy (non-hydrogen) atoms. The molecule has 3 nitrogen and oxygen atoms in total. The van der Waals surface area contributed by atoms with Crippen molar-refractivity contribution >= 4 is 5.91 Å². The van der Waals surface area contributed by atoms with Crippen LogP contribution in [0.4, 0.5) is 8.78 Å². The molecule has 0 aromatic heterocycles. The van der Waals surface area contributed by atoms with Crippen LogP contribution in [0.5, 0.6) is 0 Å². The number of carbonyl (C=O) groups excluding carboxylic acids is 1. The van der Waals surface area contributed by atoms with Gasteiger partial charge in [-0.05, 0) is 24.6 Å². The highest BCUT2D eigenvalue weighted by atomic mass is 19.2. The van der Waals surface area contributed by atoms with E-state index in [1.54, 1.807) is 6.92 Å². The zero-order chi connectivity index (χ0) is 11.6. The Bertz CT molecular complexity index is 380. The predicted octanol–water partition coefficient (Wildman–Crippen LogP) is 1.40. The minimum absolute atomic E-state index is 0.360. The highest BCUT2D eigenvalue weighted by Crippen LogP contribution is 2.19. The molecule has 1 atom stereocenters. The maximum atomic E-state index is 12.9. The summed E-state index contributed by atoms with van der Waals surface area (Å²) in [6.45, 7) is 1.58. The lowest BCUT2D eigenvalue weighted by Crippen LogP contribution is -2.36. The van der Waals surface area contributed by atoms with Crippen LogP contribution < -0.4 is 5.84 Å². The minimum Gasteiger partial charge on any atom is -0.283 e. The molecule has 82 valence electrons. The molecule has 1 rings (SSSR count). The van der Waals surface area contributed by atoms with E-state index >= 15 is 0 Å². The highest BCUT2D eigenvalue weighted by molar-refractivity contribution is 5.82. The lowest BCUT2D eigenvalue weighted by Gasteiger charge is -2.16. The van der Waals surface area contributed by atoms with Crippen molar-refractivity contribution in [3.8, 4) is 0 Å². The van der Waals surface area contributed by atoms with Gasteiger partial charge in [-0.15, -0.1) is 0 Å². The molecule has 1 aromatic rings. The highest BCUT2D eigenvalue weighted by Gasteiger charge is 2.18. The van der Waals surface area contributed by atoms with E-state index in [1.807, 2.05) is 0 Å². The Morgan fingerprint density at radius 2 is 2.00 bits per heavy atom. The third-order valence-corrected chi connectivity index (χ3v) is 2.16. The van der Waals surface area contributed by atoms with E-state index in [-0.39, 0.29) is 5.91 Å². The molecule has 0 aliphatic rings. The average Bonchev–Trinajstić information content (AvgIpc) is 2.19. The molecule has 1 aromatic carbocycles. The number of rotatable bonds is 2. The van der Waals surface area contributed by atoms with Crippen molar-refractivity contribution in [2.24, 2.45) is 5.84 Å². The molecule has 0 aliphatic carbocycles. The maximum absolute atomic E-state index is 12.9. The van der Waals surface area contributed by atoms with Crippen LogP contribution in [-0.2, 0) is 4.79 Å². The van der Waals surface area contributed by atoms with Gasteiger partial charge in [-0.25, -0.2) is 14.6 Å². The number of hydrazine groups is 1. The molecular formula is C10H12F2N2O. The van der Waals surface area contributed by atoms with E-state index in [9.17, 15) is 13.6 Å². The van der Waals surface area contributed by atoms with Gasteiger partial charge < -0.3 is 0 Å². The smallest absolute Gasteiger partial charge is 0.243 e. The summed E-state index contributed by atoms with van der Waals surface area (Å²) in [7, 11) is 1.40. The van der Waals surface area contributed by atoms with Crippen LogP contribution in [0.2, 0.25) is 0 Å². The lowest BCUT2D eigenvalue weighted by molar-refractivity contribution is -0.131. The van der Waals surface area contributed by atoms with E-state index < -0.39 is 17.6 Å². The van der Waals surface area contributed by atoms with Gasteiger partial charge in [0.1, 0.15) is 0 Å². The van der Waals surface area contributed by atoms with E-state index in [2.05, 4.69) is 0 Å². The molecule has 0 spiro atoms. The van der Waals surface area contributed by atoms with Crippen LogP contribution >= 0.6 is 0 Å². The topological polar surface area (TPSA) is 46.3 Å². The van der Waals surface area contributed by atoms with Crippen LogP contribution in [0.1, 0.15) is 18.4 Å². The fourth-order valence-electron chi connectivity index (χ4n) is 1.23. The van der Waals surface area contributed by atoms with Gasteiger partial charge in [0.15, 0.2) is 11.6 Å². The van der Waals surface area contributed by atoms with Crippen molar-refractivity contribution in [2.45, 2.75) is 12.8 Å². The van der Waals surface area contributed by atoms with Gasteiger partial charge in [0.05, 0.1) is 5.92 Å². The summed E-state index contributed by atoms with van der Waals surface area (Å²) in [5.74, 6) is 2.41. The first-order valence-corrected chi connectivity index (χ1v) is 4.40. The lowest BCUT2D eigenvalue weighted by atomic mass is 10.00. The molecule has 5 heteroatoms. The average molecular weight is 214 g/mol. The molecule has 0 saturated heterocycles. The monoisotopic (exact) mass is 214 g/mol. The summed E-state index contributed by atoms with van der Waals surface area (Å²) in [5, 5.41) is 0.923. The standard InChI is InChI=1S/C10H12F2N2O/c1-6(10(15)14(2)13)7-3-4-8(11)9(12)5-7/h3-6H,13H2,1-2H3. The first-order valence-electron chi connectivity index (χ1n) is 4.40. The van der Waals surface area contributed by atoms with Crippen molar-refractivity contribution in [1.82, 2.24) is 5.01 Å². The number of hydrogen-bond donors (Lipinski definition) is 1. The Morgan fingerprint density at radius 1 is 1.40 bits per heavy atom. The SMILES string of the molecule is CC(C(=O)N(C)N)c1ccc(F)c(F)c1. The molecule has 0 saturated carbocycles. The fourth-order valence-corrected chi connectivity index (χ4v) is 1.23. The Hall–Kier alpha value is -1.49. The minimum atomic E-state index is -0.966. The number of likely N-dealkylation sites (N-methyl/N-ethyl adjacent to an activating group) is 1. The fraction of sp³-hybridized carbons (Fsp3) is 0.300. The zero-order valence-electron chi connectivity index (χ0n) is 8.50. The molecule has 2 N–H and O–H groups in total. The van der Waals surface area contributed by atoms with Crippen LogP contribution in [0.25, 0.3) is 0 Å². The van der Waals surface area contributed by atoms with E-state index in [4.69, 9.17) is 5.84 Å². The second-order valence-electron chi connectivity index (χ2n) is 3.34. The molecule has 0 heterocycles. The Labute approximate surface area is 86.5 Å². The van der Waals surface area contributed by atoms with Gasteiger partial charge >= 0.3 is 0 Å². The summed E-state index contributed by atoms with van der Waals surface area (Å²) in [4.78, 5) is 11.4. The van der Waals surface area contributed by atoms with Gasteiger partial charge in [0.25, 0.3) is 0 Å². The number of amides is 1. The summed E-state index contributed by atoms with van der Waals surface area (Å²) in [6, 6.07) is 3.36. The molecule has 0 fully saturated rings. The number of halogens is 2. The van der Waals surface area contributed by atoms with Crippen molar-refractivity contribution in [3.05, 3.63) is 35.4 Å². The largest absolute Gasteiger partial charge is 0.283 e. The molecule has 0 bridgehead atoms. The van der Waals surface area contributed by atoms with Crippen molar-refractivity contribution in [1.29, 1.82) is 0 Å². The normalized spacial score (nSPS) is 12.3. The van der Waals surface area contributed by atoms with Gasteiger partial charge in [-0.3, -0.25) is 9.80 Å². The van der Waals surface area contributed by atoms with Crippen LogP contribution in [0, 0.1) is 11.6 Å². The van der Waals surface area contributed by atoms with Crippen LogP contribution in [0.3, 0.4) is 0 Å². The van der Waals surface area contributed by atoms with E-state index in [1.165, 1.54) is 13.1 Å². The van der Waals surface area contributed by atoms with Crippen molar-refractivity contribution < 1.29 is 13.6 Å². The maximum Gasteiger partial charge on any atom is 0.243 e. The zero-order valence-corrected chi connectivity index (χ0v) is 8.50. The number of hydrogen-bond acceptors (Lipinski definition) is 2. The second-order valence-corrected chi connectivity index (χ2v) is 3.34. The summed E-state index contributed by atoms with van der Waals surface area (Å²) < 4.78 is 25.5. The van der Waals surface area contributed by atoms with E-state index in [0.717, 1.165) is 17.1 Å². The van der Waals surface area contributed by atoms with Gasteiger partial charge in [0.2, 0.25) is 5.91 Å². The second kappa shape index (κ2) is 4.35. The number of nitrogens with two attached hydrogens (primary N) is 1. The van der Waals surface area contributed by atoms with E-state index in [0.29, 0.717) is 5.56 Å². The third-order valence-electron chi connectivity index (χ3n) is 2.16. The number of nitrogens with zero attached hydrogens (tertiary/aromatic N) is 1.